The maximum Gasteiger partial charge on any atom is 0.300 e. The van der Waals surface area contributed by atoms with Crippen molar-refractivity contribution in [2.24, 2.45) is 0 Å². The van der Waals surface area contributed by atoms with Gasteiger partial charge >= 0.3 is 5.91 Å². The van der Waals surface area contributed by atoms with Crippen LogP contribution in [0.1, 0.15) is 5.56 Å². The Labute approximate surface area is 111 Å². The van der Waals surface area contributed by atoms with Crippen LogP contribution in [0.25, 0.3) is 0 Å². The van der Waals surface area contributed by atoms with E-state index in [0.29, 0.717) is 10.7 Å². The van der Waals surface area contributed by atoms with Gasteiger partial charge in [-0.1, -0.05) is 47.9 Å². The van der Waals surface area contributed by atoms with Crippen molar-refractivity contribution in [1.29, 1.82) is 0 Å². The average Bonchev–Trinajstić information content (AvgIpc) is 2.40. The summed E-state index contributed by atoms with van der Waals surface area (Å²) in [4.78, 5) is 11.6. The number of carbonyl (C=O) groups is 1. The lowest BCUT2D eigenvalue weighted by molar-refractivity contribution is -0.111. The SMILES string of the molecule is O=C(C#Cc1ccccc1)Nc1ccccc1Cl. The van der Waals surface area contributed by atoms with E-state index in [-0.39, 0.29) is 5.91 Å². The van der Waals surface area contributed by atoms with Gasteiger partial charge in [0, 0.05) is 11.5 Å². The number of hydrogen-bond acceptors (Lipinski definition) is 1. The van der Waals surface area contributed by atoms with Crippen molar-refractivity contribution in [3.05, 3.63) is 65.2 Å². The number of carbonyl (C=O) groups excluding carboxylic acids is 1. The smallest absolute Gasteiger partial charge is 0.300 e. The minimum Gasteiger partial charge on any atom is -0.314 e. The molecule has 0 saturated heterocycles. The standard InChI is InChI=1S/C15H10ClNO/c16-13-8-4-5-9-14(13)17-15(18)11-10-12-6-2-1-3-7-12/h1-9H,(H,17,18). The molecular formula is C15H10ClNO. The van der Waals surface area contributed by atoms with E-state index in [9.17, 15) is 4.79 Å². The minimum atomic E-state index is -0.382. The number of rotatable bonds is 1. The fraction of sp³-hybridized carbons (Fsp3) is 0. The Hall–Kier alpha value is -2.24. The van der Waals surface area contributed by atoms with Gasteiger partial charge in [-0.25, -0.2) is 0 Å². The predicted octanol–water partition coefficient (Wildman–Crippen LogP) is 3.33. The molecular weight excluding hydrogens is 246 g/mol. The molecule has 18 heavy (non-hydrogen) atoms. The highest BCUT2D eigenvalue weighted by Gasteiger charge is 2.01. The molecule has 2 aromatic rings. The maximum atomic E-state index is 11.6. The van der Waals surface area contributed by atoms with Gasteiger partial charge in [0.05, 0.1) is 10.7 Å². The van der Waals surface area contributed by atoms with Gasteiger partial charge in [0.15, 0.2) is 0 Å². The molecule has 0 spiro atoms. The molecule has 2 nitrogen and oxygen atoms in total. The molecule has 0 aliphatic heterocycles. The Morgan fingerprint density at radius 3 is 2.39 bits per heavy atom. The van der Waals surface area contributed by atoms with Crippen molar-refractivity contribution >= 4 is 23.2 Å². The number of amides is 1. The Balaban J connectivity index is 2.07. The minimum absolute atomic E-state index is 0.382. The molecule has 0 aliphatic rings. The van der Waals surface area contributed by atoms with E-state index in [0.717, 1.165) is 5.56 Å². The number of nitrogens with one attached hydrogen (secondary N) is 1. The van der Waals surface area contributed by atoms with Gasteiger partial charge in [-0.2, -0.15) is 0 Å². The fourth-order valence-corrected chi connectivity index (χ4v) is 1.55. The van der Waals surface area contributed by atoms with Gasteiger partial charge in [-0.05, 0) is 24.3 Å². The van der Waals surface area contributed by atoms with Crippen LogP contribution in [0, 0.1) is 11.8 Å². The molecule has 1 N–H and O–H groups in total. The third kappa shape index (κ3) is 3.38. The average molecular weight is 256 g/mol. The number of halogens is 1. The Morgan fingerprint density at radius 1 is 1.00 bits per heavy atom. The van der Waals surface area contributed by atoms with E-state index >= 15 is 0 Å². The Morgan fingerprint density at radius 2 is 1.67 bits per heavy atom. The van der Waals surface area contributed by atoms with Crippen molar-refractivity contribution in [1.82, 2.24) is 0 Å². The first-order valence-corrected chi connectivity index (χ1v) is 5.76. The molecule has 0 radical (unpaired) electrons. The predicted molar refractivity (Wildman–Crippen MR) is 73.4 cm³/mol. The molecule has 0 unspecified atom stereocenters. The van der Waals surface area contributed by atoms with Crippen LogP contribution in [-0.4, -0.2) is 5.91 Å². The molecule has 0 fully saturated rings. The molecule has 0 aliphatic carbocycles. The first-order valence-electron chi connectivity index (χ1n) is 5.38. The molecule has 0 saturated carbocycles. The van der Waals surface area contributed by atoms with E-state index in [4.69, 9.17) is 11.6 Å². The quantitative estimate of drug-likeness (QED) is 0.778. The van der Waals surface area contributed by atoms with Crippen molar-refractivity contribution in [2.75, 3.05) is 5.32 Å². The highest BCUT2D eigenvalue weighted by Crippen LogP contribution is 2.19. The number of hydrogen-bond donors (Lipinski definition) is 1. The molecule has 88 valence electrons. The van der Waals surface area contributed by atoms with Gasteiger partial charge in [0.1, 0.15) is 0 Å². The van der Waals surface area contributed by atoms with Gasteiger partial charge in [0.2, 0.25) is 0 Å². The molecule has 3 heteroatoms. The Bertz CT molecular complexity index is 611. The van der Waals surface area contributed by atoms with E-state index in [1.54, 1.807) is 24.3 Å². The summed E-state index contributed by atoms with van der Waals surface area (Å²) in [6.07, 6.45) is 0. The van der Waals surface area contributed by atoms with Crippen LogP contribution in [0.15, 0.2) is 54.6 Å². The van der Waals surface area contributed by atoms with Crippen LogP contribution in [0.3, 0.4) is 0 Å². The van der Waals surface area contributed by atoms with Gasteiger partial charge in [0.25, 0.3) is 0 Å². The number of anilines is 1. The van der Waals surface area contributed by atoms with Crippen LogP contribution >= 0.6 is 11.6 Å². The first kappa shape index (κ1) is 12.2. The third-order valence-electron chi connectivity index (χ3n) is 2.22. The number of benzene rings is 2. The summed E-state index contributed by atoms with van der Waals surface area (Å²) in [6, 6.07) is 16.4. The monoisotopic (exact) mass is 255 g/mol. The van der Waals surface area contributed by atoms with E-state index < -0.39 is 0 Å². The summed E-state index contributed by atoms with van der Waals surface area (Å²) >= 11 is 5.92. The lowest BCUT2D eigenvalue weighted by atomic mass is 10.2. The van der Waals surface area contributed by atoms with Crippen molar-refractivity contribution < 1.29 is 4.79 Å². The molecule has 0 aromatic heterocycles. The Kier molecular flexibility index (Phi) is 4.01. The number of para-hydroxylation sites is 1. The highest BCUT2D eigenvalue weighted by atomic mass is 35.5. The lowest BCUT2D eigenvalue weighted by Crippen LogP contribution is -2.08. The van der Waals surface area contributed by atoms with Gasteiger partial charge in [-0.15, -0.1) is 0 Å². The van der Waals surface area contributed by atoms with E-state index in [1.807, 2.05) is 30.3 Å². The summed E-state index contributed by atoms with van der Waals surface area (Å²) in [5.74, 6) is 4.91. The van der Waals surface area contributed by atoms with Crippen LogP contribution in [0.2, 0.25) is 5.02 Å². The van der Waals surface area contributed by atoms with Crippen LogP contribution in [0.4, 0.5) is 5.69 Å². The van der Waals surface area contributed by atoms with Gasteiger partial charge < -0.3 is 5.32 Å². The van der Waals surface area contributed by atoms with E-state index in [2.05, 4.69) is 17.2 Å². The maximum absolute atomic E-state index is 11.6. The zero-order valence-electron chi connectivity index (χ0n) is 9.48. The van der Waals surface area contributed by atoms with Crippen molar-refractivity contribution in [2.45, 2.75) is 0 Å². The van der Waals surface area contributed by atoms with E-state index in [1.165, 1.54) is 0 Å². The molecule has 2 rings (SSSR count). The normalized spacial score (nSPS) is 9.17. The zero-order valence-corrected chi connectivity index (χ0v) is 10.2. The van der Waals surface area contributed by atoms with Crippen molar-refractivity contribution in [3.8, 4) is 11.8 Å². The summed E-state index contributed by atoms with van der Waals surface area (Å²) in [7, 11) is 0. The van der Waals surface area contributed by atoms with Crippen LogP contribution in [-0.2, 0) is 4.79 Å². The van der Waals surface area contributed by atoms with Gasteiger partial charge in [-0.3, -0.25) is 4.79 Å². The second-order valence-electron chi connectivity index (χ2n) is 3.55. The second-order valence-corrected chi connectivity index (χ2v) is 3.96. The van der Waals surface area contributed by atoms with Crippen LogP contribution < -0.4 is 5.32 Å². The fourth-order valence-electron chi connectivity index (χ4n) is 1.37. The molecule has 0 atom stereocenters. The van der Waals surface area contributed by atoms with Crippen molar-refractivity contribution in [3.63, 3.8) is 0 Å². The lowest BCUT2D eigenvalue weighted by Gasteiger charge is -2.02. The molecule has 2 aromatic carbocycles. The second kappa shape index (κ2) is 5.90. The first-order chi connectivity index (χ1) is 8.75. The summed E-state index contributed by atoms with van der Waals surface area (Å²) < 4.78 is 0. The summed E-state index contributed by atoms with van der Waals surface area (Å²) in [6.45, 7) is 0. The third-order valence-corrected chi connectivity index (χ3v) is 2.55. The summed E-state index contributed by atoms with van der Waals surface area (Å²) in [5.41, 5.74) is 1.36. The highest BCUT2D eigenvalue weighted by molar-refractivity contribution is 6.33. The molecule has 0 bridgehead atoms. The zero-order chi connectivity index (χ0) is 12.8. The topological polar surface area (TPSA) is 29.1 Å². The van der Waals surface area contributed by atoms with Crippen LogP contribution in [0.5, 0.6) is 0 Å². The molecule has 1 amide bonds. The summed E-state index contributed by atoms with van der Waals surface area (Å²) in [5, 5.41) is 3.13. The molecule has 0 heterocycles. The largest absolute Gasteiger partial charge is 0.314 e.